The van der Waals surface area contributed by atoms with E-state index in [1.807, 2.05) is 34.9 Å². The Bertz CT molecular complexity index is 1110. The summed E-state index contributed by atoms with van der Waals surface area (Å²) in [4.78, 5) is 5.03. The number of nitrogens with two attached hydrogens (primary N) is 1. The second-order valence-electron chi connectivity index (χ2n) is 8.13. The van der Waals surface area contributed by atoms with Crippen LogP contribution in [0.4, 0.5) is 0 Å². The molecule has 0 saturated heterocycles. The van der Waals surface area contributed by atoms with E-state index in [0.29, 0.717) is 11.8 Å². The van der Waals surface area contributed by atoms with Crippen LogP contribution in [0.5, 0.6) is 0 Å². The molecule has 30 heavy (non-hydrogen) atoms. The molecule has 5 heteroatoms. The molecule has 4 rings (SSSR count). The van der Waals surface area contributed by atoms with Gasteiger partial charge in [-0.3, -0.25) is 4.40 Å². The van der Waals surface area contributed by atoms with E-state index in [0.717, 1.165) is 48.5 Å². The van der Waals surface area contributed by atoms with Gasteiger partial charge in [0.25, 0.3) is 0 Å². The molecule has 0 spiro atoms. The van der Waals surface area contributed by atoms with Crippen LogP contribution < -0.4 is 5.73 Å². The molecule has 0 fully saturated rings. The Balaban J connectivity index is 1.66. The molecule has 3 aromatic heterocycles. The average Bonchev–Trinajstić information content (AvgIpc) is 3.22. The summed E-state index contributed by atoms with van der Waals surface area (Å²) >= 11 is 0. The van der Waals surface area contributed by atoms with Gasteiger partial charge in [0.15, 0.2) is 11.5 Å². The second kappa shape index (κ2) is 9.35. The van der Waals surface area contributed by atoms with Gasteiger partial charge in [0.05, 0.1) is 5.52 Å². The fourth-order valence-electron chi connectivity index (χ4n) is 4.57. The number of aryl methyl sites for hydroxylation is 1. The smallest absolute Gasteiger partial charge is 0.187 e. The molecule has 3 heterocycles. The number of hydrogen-bond acceptors (Lipinski definition) is 4. The summed E-state index contributed by atoms with van der Waals surface area (Å²) in [6, 6.07) is 16.6. The molecule has 0 bridgehead atoms. The quantitative estimate of drug-likeness (QED) is 0.414. The zero-order valence-corrected chi connectivity index (χ0v) is 18.0. The molecule has 1 aromatic carbocycles. The largest absolute Gasteiger partial charge is 0.330 e. The Morgan fingerprint density at radius 3 is 2.63 bits per heavy atom. The van der Waals surface area contributed by atoms with Crippen LogP contribution >= 0.6 is 0 Å². The van der Waals surface area contributed by atoms with Gasteiger partial charge in [-0.15, -0.1) is 10.2 Å². The van der Waals surface area contributed by atoms with Crippen molar-refractivity contribution in [3.05, 3.63) is 60.3 Å². The van der Waals surface area contributed by atoms with E-state index in [9.17, 15) is 0 Å². The lowest BCUT2D eigenvalue weighted by Crippen LogP contribution is -2.23. The lowest BCUT2D eigenvalue weighted by molar-refractivity contribution is 0.290. The molecule has 156 valence electrons. The summed E-state index contributed by atoms with van der Waals surface area (Å²) in [5, 5.41) is 9.83. The summed E-state index contributed by atoms with van der Waals surface area (Å²) in [7, 11) is 0. The molecule has 0 saturated carbocycles. The van der Waals surface area contributed by atoms with E-state index in [4.69, 9.17) is 10.7 Å². The van der Waals surface area contributed by atoms with E-state index in [1.54, 1.807) is 0 Å². The number of para-hydroxylation sites is 1. The van der Waals surface area contributed by atoms with E-state index in [1.165, 1.54) is 23.8 Å². The molecule has 0 aliphatic rings. The first-order valence-corrected chi connectivity index (χ1v) is 11.1. The highest BCUT2D eigenvalue weighted by Gasteiger charge is 2.19. The molecule has 0 aliphatic heterocycles. The lowest BCUT2D eigenvalue weighted by atomic mass is 9.82. The highest BCUT2D eigenvalue weighted by molar-refractivity contribution is 5.84. The SMILES string of the molecule is CCCC(CCc1cccc2ccc(-c3nnc4ccccn34)nc12)[C@@H](CC)CN. The van der Waals surface area contributed by atoms with Gasteiger partial charge in [0.1, 0.15) is 5.69 Å². The minimum atomic E-state index is 0.603. The van der Waals surface area contributed by atoms with E-state index in [-0.39, 0.29) is 0 Å². The van der Waals surface area contributed by atoms with Gasteiger partial charge >= 0.3 is 0 Å². The molecule has 2 N–H and O–H groups in total. The van der Waals surface area contributed by atoms with Crippen LogP contribution in [0.15, 0.2) is 54.7 Å². The Morgan fingerprint density at radius 2 is 1.83 bits per heavy atom. The Labute approximate surface area is 178 Å². The minimum Gasteiger partial charge on any atom is -0.330 e. The summed E-state index contributed by atoms with van der Waals surface area (Å²) < 4.78 is 1.99. The summed E-state index contributed by atoms with van der Waals surface area (Å²) in [5.74, 6) is 2.05. The maximum absolute atomic E-state index is 6.07. The summed E-state index contributed by atoms with van der Waals surface area (Å²) in [6.45, 7) is 5.30. The molecule has 1 unspecified atom stereocenters. The molecule has 0 radical (unpaired) electrons. The predicted molar refractivity (Wildman–Crippen MR) is 123 cm³/mol. The zero-order valence-electron chi connectivity index (χ0n) is 18.0. The van der Waals surface area contributed by atoms with Crippen LogP contribution in [0.2, 0.25) is 0 Å². The third kappa shape index (κ3) is 4.08. The number of hydrogen-bond donors (Lipinski definition) is 1. The highest BCUT2D eigenvalue weighted by Crippen LogP contribution is 2.28. The van der Waals surface area contributed by atoms with Gasteiger partial charge in [-0.1, -0.05) is 63.4 Å². The predicted octanol–water partition coefficient (Wildman–Crippen LogP) is 5.28. The first kappa shape index (κ1) is 20.5. The van der Waals surface area contributed by atoms with Gasteiger partial charge in [-0.05, 0) is 55.0 Å². The number of aromatic nitrogens is 4. The van der Waals surface area contributed by atoms with Crippen LogP contribution in [0.3, 0.4) is 0 Å². The Kier molecular flexibility index (Phi) is 6.38. The van der Waals surface area contributed by atoms with Gasteiger partial charge in [0, 0.05) is 11.6 Å². The van der Waals surface area contributed by atoms with Gasteiger partial charge in [0.2, 0.25) is 0 Å². The van der Waals surface area contributed by atoms with Crippen molar-refractivity contribution in [2.75, 3.05) is 6.54 Å². The van der Waals surface area contributed by atoms with Crippen LogP contribution in [0, 0.1) is 11.8 Å². The van der Waals surface area contributed by atoms with Gasteiger partial charge < -0.3 is 5.73 Å². The molecule has 5 nitrogen and oxygen atoms in total. The van der Waals surface area contributed by atoms with Crippen LogP contribution in [0.1, 0.15) is 45.1 Å². The average molecular weight is 402 g/mol. The highest BCUT2D eigenvalue weighted by atomic mass is 15.2. The van der Waals surface area contributed by atoms with E-state index < -0.39 is 0 Å². The topological polar surface area (TPSA) is 69.1 Å². The van der Waals surface area contributed by atoms with Crippen molar-refractivity contribution in [2.24, 2.45) is 17.6 Å². The maximum atomic E-state index is 6.07. The van der Waals surface area contributed by atoms with Crippen molar-refractivity contribution in [2.45, 2.75) is 46.0 Å². The molecule has 4 aromatic rings. The van der Waals surface area contributed by atoms with Crippen LogP contribution in [0.25, 0.3) is 28.1 Å². The molecule has 2 atom stereocenters. The molecular formula is C25H31N5. The third-order valence-electron chi connectivity index (χ3n) is 6.28. The first-order chi connectivity index (χ1) is 14.7. The van der Waals surface area contributed by atoms with Crippen molar-refractivity contribution in [1.82, 2.24) is 19.6 Å². The van der Waals surface area contributed by atoms with Crippen LogP contribution in [-0.2, 0) is 6.42 Å². The lowest BCUT2D eigenvalue weighted by Gasteiger charge is -2.25. The van der Waals surface area contributed by atoms with Crippen molar-refractivity contribution in [3.8, 4) is 11.5 Å². The number of fused-ring (bicyclic) bond motifs is 2. The number of nitrogens with zero attached hydrogens (tertiary/aromatic N) is 4. The third-order valence-corrected chi connectivity index (χ3v) is 6.28. The van der Waals surface area contributed by atoms with E-state index in [2.05, 4.69) is 48.3 Å². The second-order valence-corrected chi connectivity index (χ2v) is 8.13. The van der Waals surface area contributed by atoms with Crippen molar-refractivity contribution >= 4 is 16.6 Å². The first-order valence-electron chi connectivity index (χ1n) is 11.1. The summed E-state index contributed by atoms with van der Waals surface area (Å²) in [6.07, 6.45) is 7.76. The van der Waals surface area contributed by atoms with Crippen molar-refractivity contribution in [1.29, 1.82) is 0 Å². The number of pyridine rings is 2. The zero-order chi connectivity index (χ0) is 20.9. The minimum absolute atomic E-state index is 0.603. The normalized spacial score (nSPS) is 13.7. The molecular weight excluding hydrogens is 370 g/mol. The van der Waals surface area contributed by atoms with E-state index >= 15 is 0 Å². The fourth-order valence-corrected chi connectivity index (χ4v) is 4.57. The number of rotatable bonds is 9. The van der Waals surface area contributed by atoms with Crippen molar-refractivity contribution in [3.63, 3.8) is 0 Å². The maximum Gasteiger partial charge on any atom is 0.187 e. The molecule has 0 aliphatic carbocycles. The Morgan fingerprint density at radius 1 is 0.933 bits per heavy atom. The van der Waals surface area contributed by atoms with Crippen molar-refractivity contribution < 1.29 is 0 Å². The van der Waals surface area contributed by atoms with Gasteiger partial charge in [-0.25, -0.2) is 4.98 Å². The number of benzene rings is 1. The van der Waals surface area contributed by atoms with Crippen LogP contribution in [-0.4, -0.2) is 26.1 Å². The van der Waals surface area contributed by atoms with Gasteiger partial charge in [-0.2, -0.15) is 0 Å². The standard InChI is InChI=1S/C25H31N5/c1-3-8-19(18(4-2)17-26)12-13-20-9-7-10-21-14-15-22(27-24(20)21)25-29-28-23-11-5-6-16-30(23)25/h5-7,9-11,14-16,18-19H,3-4,8,12-13,17,26H2,1-2H3/t18-,19?/m0/s1. The summed E-state index contributed by atoms with van der Waals surface area (Å²) in [5.41, 5.74) is 10.1. The fraction of sp³-hybridized carbons (Fsp3) is 0.400. The Hall–Kier alpha value is -2.79. The monoisotopic (exact) mass is 401 g/mol. The molecule has 0 amide bonds.